The number of nitrogens with zero attached hydrogens (tertiary/aromatic N) is 2. The largest absolute Gasteiger partial charge is 0.350 e. The van der Waals surface area contributed by atoms with E-state index in [1.165, 1.54) is 0 Å². The summed E-state index contributed by atoms with van der Waals surface area (Å²) in [5.74, 6) is -0.0222. The summed E-state index contributed by atoms with van der Waals surface area (Å²) in [7, 11) is 1.89. The molecule has 0 saturated heterocycles. The molecule has 0 saturated carbocycles. The van der Waals surface area contributed by atoms with Crippen molar-refractivity contribution in [1.82, 2.24) is 9.88 Å². The molecule has 1 aromatic heterocycles. The zero-order valence-electron chi connectivity index (χ0n) is 12.9. The second-order valence-electron chi connectivity index (χ2n) is 5.83. The molecule has 1 amide bonds. The van der Waals surface area contributed by atoms with Crippen molar-refractivity contribution in [3.63, 3.8) is 0 Å². The Morgan fingerprint density at radius 3 is 2.87 bits per heavy atom. The highest BCUT2D eigenvalue weighted by Gasteiger charge is 2.29. The molecule has 2 aliphatic heterocycles. The van der Waals surface area contributed by atoms with Crippen LogP contribution < -0.4 is 10.2 Å². The van der Waals surface area contributed by atoms with Gasteiger partial charge in [0.15, 0.2) is 6.29 Å². The molecular formula is C18H17N3O2. The van der Waals surface area contributed by atoms with Crippen molar-refractivity contribution in [2.75, 3.05) is 18.0 Å². The van der Waals surface area contributed by atoms with E-state index in [2.05, 4.69) is 22.4 Å². The van der Waals surface area contributed by atoms with Gasteiger partial charge in [-0.15, -0.1) is 0 Å². The van der Waals surface area contributed by atoms with E-state index < -0.39 is 0 Å². The standard InChI is InChI=1S/C18H17N3O2/c1-20-13(11-22)6-8-15(20)16-7-5-12-3-2-4-14-17(12)21(16)10-9-19-18(14)23/h2-4,6-8,11H,5,9-10H2,1H3,(H,19,23). The van der Waals surface area contributed by atoms with Gasteiger partial charge in [0, 0.05) is 20.1 Å². The van der Waals surface area contributed by atoms with Crippen LogP contribution in [0.15, 0.2) is 36.4 Å². The molecule has 0 fully saturated rings. The van der Waals surface area contributed by atoms with Crippen LogP contribution in [-0.2, 0) is 13.5 Å². The van der Waals surface area contributed by atoms with Gasteiger partial charge in [-0.25, -0.2) is 0 Å². The third kappa shape index (κ3) is 2.00. The highest BCUT2D eigenvalue weighted by atomic mass is 16.1. The minimum atomic E-state index is -0.0222. The zero-order chi connectivity index (χ0) is 16.0. The number of hydrogen-bond donors (Lipinski definition) is 1. The summed E-state index contributed by atoms with van der Waals surface area (Å²) in [6.45, 7) is 1.30. The lowest BCUT2D eigenvalue weighted by Gasteiger charge is -2.32. The first kappa shape index (κ1) is 13.8. The summed E-state index contributed by atoms with van der Waals surface area (Å²) in [6, 6.07) is 9.66. The number of benzene rings is 1. The maximum absolute atomic E-state index is 12.3. The lowest BCUT2D eigenvalue weighted by Crippen LogP contribution is -2.31. The number of allylic oxidation sites excluding steroid dienone is 1. The summed E-state index contributed by atoms with van der Waals surface area (Å²) in [4.78, 5) is 25.6. The van der Waals surface area contributed by atoms with Crippen molar-refractivity contribution >= 4 is 23.6 Å². The van der Waals surface area contributed by atoms with E-state index in [9.17, 15) is 9.59 Å². The number of carbonyl (C=O) groups excluding carboxylic acids is 2. The predicted molar refractivity (Wildman–Crippen MR) is 88.6 cm³/mol. The highest BCUT2D eigenvalue weighted by molar-refractivity contribution is 6.04. The Labute approximate surface area is 134 Å². The molecule has 4 rings (SSSR count). The van der Waals surface area contributed by atoms with Crippen molar-refractivity contribution in [1.29, 1.82) is 0 Å². The predicted octanol–water partition coefficient (Wildman–Crippen LogP) is 1.98. The molecule has 0 spiro atoms. The average Bonchev–Trinajstić information content (AvgIpc) is 2.85. The molecule has 116 valence electrons. The number of aromatic nitrogens is 1. The van der Waals surface area contributed by atoms with Gasteiger partial charge in [0.05, 0.1) is 28.3 Å². The summed E-state index contributed by atoms with van der Waals surface area (Å²) >= 11 is 0. The quantitative estimate of drug-likeness (QED) is 0.863. The van der Waals surface area contributed by atoms with Crippen LogP contribution in [0.3, 0.4) is 0 Å². The molecule has 0 aliphatic carbocycles. The second kappa shape index (κ2) is 5.12. The molecule has 23 heavy (non-hydrogen) atoms. The molecule has 2 aromatic rings. The number of amides is 1. The van der Waals surface area contributed by atoms with Crippen molar-refractivity contribution in [3.05, 3.63) is 58.9 Å². The van der Waals surface area contributed by atoms with Crippen LogP contribution in [-0.4, -0.2) is 29.8 Å². The van der Waals surface area contributed by atoms with Gasteiger partial charge in [-0.2, -0.15) is 0 Å². The number of carbonyl (C=O) groups is 2. The Hall–Kier alpha value is -2.82. The summed E-state index contributed by atoms with van der Waals surface area (Å²) in [5.41, 5.74) is 5.56. The molecule has 5 heteroatoms. The second-order valence-corrected chi connectivity index (χ2v) is 5.83. The third-order valence-corrected chi connectivity index (χ3v) is 4.61. The number of anilines is 1. The van der Waals surface area contributed by atoms with E-state index >= 15 is 0 Å². The van der Waals surface area contributed by atoms with Crippen molar-refractivity contribution in [2.24, 2.45) is 7.05 Å². The van der Waals surface area contributed by atoms with Crippen LogP contribution in [0.25, 0.3) is 5.70 Å². The fraction of sp³-hybridized carbons (Fsp3) is 0.222. The highest BCUT2D eigenvalue weighted by Crippen LogP contribution is 2.37. The molecule has 0 unspecified atom stereocenters. The van der Waals surface area contributed by atoms with Gasteiger partial charge in [-0.3, -0.25) is 9.59 Å². The number of aldehydes is 1. The smallest absolute Gasteiger partial charge is 0.253 e. The molecule has 0 atom stereocenters. The van der Waals surface area contributed by atoms with E-state index in [1.54, 1.807) is 0 Å². The van der Waals surface area contributed by atoms with Gasteiger partial charge in [0.1, 0.15) is 0 Å². The average molecular weight is 307 g/mol. The Morgan fingerprint density at radius 1 is 1.22 bits per heavy atom. The fourth-order valence-electron chi connectivity index (χ4n) is 3.45. The summed E-state index contributed by atoms with van der Waals surface area (Å²) in [5, 5.41) is 2.95. The van der Waals surface area contributed by atoms with Crippen molar-refractivity contribution in [3.8, 4) is 0 Å². The van der Waals surface area contributed by atoms with Crippen LogP contribution >= 0.6 is 0 Å². The molecule has 3 heterocycles. The van der Waals surface area contributed by atoms with Crippen LogP contribution in [0, 0.1) is 0 Å². The van der Waals surface area contributed by atoms with Crippen LogP contribution in [0.2, 0.25) is 0 Å². The van der Waals surface area contributed by atoms with Crippen molar-refractivity contribution < 1.29 is 9.59 Å². The van der Waals surface area contributed by atoms with E-state index in [4.69, 9.17) is 0 Å². The maximum Gasteiger partial charge on any atom is 0.253 e. The van der Waals surface area contributed by atoms with E-state index in [1.807, 2.05) is 35.9 Å². The summed E-state index contributed by atoms with van der Waals surface area (Å²) < 4.78 is 1.90. The molecule has 1 N–H and O–H groups in total. The van der Waals surface area contributed by atoms with Crippen molar-refractivity contribution in [2.45, 2.75) is 6.42 Å². The Balaban J connectivity index is 1.88. The molecule has 1 aromatic carbocycles. The molecule has 5 nitrogen and oxygen atoms in total. The first-order chi connectivity index (χ1) is 11.2. The lowest BCUT2D eigenvalue weighted by molar-refractivity contribution is 0.0957. The van der Waals surface area contributed by atoms with E-state index in [0.29, 0.717) is 18.8 Å². The van der Waals surface area contributed by atoms with Gasteiger partial charge < -0.3 is 14.8 Å². The Morgan fingerprint density at radius 2 is 2.09 bits per heavy atom. The van der Waals surface area contributed by atoms with Gasteiger partial charge in [-0.05, 0) is 30.2 Å². The maximum atomic E-state index is 12.3. The van der Waals surface area contributed by atoms with Gasteiger partial charge in [0.25, 0.3) is 5.91 Å². The minimum absolute atomic E-state index is 0.0222. The molecule has 0 bridgehead atoms. The molecule has 0 radical (unpaired) electrons. The van der Waals surface area contributed by atoms with Crippen LogP contribution in [0.1, 0.15) is 32.1 Å². The minimum Gasteiger partial charge on any atom is -0.350 e. The normalized spacial score (nSPS) is 16.3. The Kier molecular flexibility index (Phi) is 3.08. The van der Waals surface area contributed by atoms with E-state index in [0.717, 1.165) is 40.9 Å². The zero-order valence-corrected chi connectivity index (χ0v) is 12.9. The van der Waals surface area contributed by atoms with E-state index in [-0.39, 0.29) is 5.91 Å². The van der Waals surface area contributed by atoms with Gasteiger partial charge >= 0.3 is 0 Å². The first-order valence-corrected chi connectivity index (χ1v) is 7.70. The summed E-state index contributed by atoms with van der Waals surface area (Å²) in [6.07, 6.45) is 3.81. The number of nitrogens with one attached hydrogen (secondary N) is 1. The number of hydrogen-bond acceptors (Lipinski definition) is 3. The number of para-hydroxylation sites is 1. The van der Waals surface area contributed by atoms with Gasteiger partial charge in [0.2, 0.25) is 0 Å². The third-order valence-electron chi connectivity index (χ3n) is 4.61. The first-order valence-electron chi connectivity index (χ1n) is 7.70. The number of rotatable bonds is 2. The SMILES string of the molecule is Cn1c(C=O)ccc1C1=CCc2cccc3c2N1CCNC3=O. The fourth-order valence-corrected chi connectivity index (χ4v) is 3.45. The molecule has 2 aliphatic rings. The topological polar surface area (TPSA) is 54.3 Å². The van der Waals surface area contributed by atoms with Crippen LogP contribution in [0.4, 0.5) is 5.69 Å². The molecular weight excluding hydrogens is 290 g/mol. The Bertz CT molecular complexity index is 848. The van der Waals surface area contributed by atoms with Gasteiger partial charge in [-0.1, -0.05) is 18.2 Å². The van der Waals surface area contributed by atoms with Crippen LogP contribution in [0.5, 0.6) is 0 Å². The lowest BCUT2D eigenvalue weighted by atomic mass is 9.97. The monoisotopic (exact) mass is 307 g/mol.